The van der Waals surface area contributed by atoms with Gasteiger partial charge in [-0.15, -0.1) is 0 Å². The standard InChI is InChI=1S/C11H16.C4H10.C2H6/c1-10(2)8-9-11-6-4-3-5-7-11;1-4(2)3;1-2/h3-7,10H,8-9H2,1-2H3;4H,1-3H3;1-2H3. The maximum atomic E-state index is 2.27. The molecular weight excluding hydrogens is 204 g/mol. The van der Waals surface area contributed by atoms with Crippen molar-refractivity contribution in [3.8, 4) is 0 Å². The number of rotatable bonds is 3. The smallest absolute Gasteiger partial charge is 0.0276 e. The van der Waals surface area contributed by atoms with E-state index in [1.807, 2.05) is 13.8 Å². The highest BCUT2D eigenvalue weighted by Gasteiger charge is 1.94. The Bertz CT molecular complexity index is 218. The second kappa shape index (κ2) is 13.3. The van der Waals surface area contributed by atoms with Gasteiger partial charge in [0.05, 0.1) is 0 Å². The van der Waals surface area contributed by atoms with E-state index in [0.717, 1.165) is 11.8 Å². The van der Waals surface area contributed by atoms with Crippen molar-refractivity contribution in [3.63, 3.8) is 0 Å². The fourth-order valence-electron chi connectivity index (χ4n) is 1.10. The molecule has 0 radical (unpaired) electrons. The average Bonchev–Trinajstić information content (AvgIpc) is 2.30. The Morgan fingerprint density at radius 3 is 1.59 bits per heavy atom. The van der Waals surface area contributed by atoms with E-state index in [1.54, 1.807) is 0 Å². The summed E-state index contributed by atoms with van der Waals surface area (Å²) in [6, 6.07) is 10.7. The van der Waals surface area contributed by atoms with Crippen LogP contribution >= 0.6 is 0 Å². The third kappa shape index (κ3) is 17.8. The number of benzene rings is 1. The highest BCUT2D eigenvalue weighted by atomic mass is 14.0. The summed E-state index contributed by atoms with van der Waals surface area (Å²) in [5.74, 6) is 1.65. The molecule has 0 aliphatic rings. The maximum absolute atomic E-state index is 2.27. The van der Waals surface area contributed by atoms with Crippen LogP contribution in [0.1, 0.15) is 60.5 Å². The van der Waals surface area contributed by atoms with Gasteiger partial charge in [-0.2, -0.15) is 0 Å². The highest BCUT2D eigenvalue weighted by Crippen LogP contribution is 2.07. The summed E-state index contributed by atoms with van der Waals surface area (Å²) >= 11 is 0. The minimum Gasteiger partial charge on any atom is -0.0683 e. The van der Waals surface area contributed by atoms with Crippen molar-refractivity contribution < 1.29 is 0 Å². The van der Waals surface area contributed by atoms with Gasteiger partial charge in [0.25, 0.3) is 0 Å². The van der Waals surface area contributed by atoms with Crippen LogP contribution in [0.2, 0.25) is 0 Å². The van der Waals surface area contributed by atoms with E-state index < -0.39 is 0 Å². The van der Waals surface area contributed by atoms with E-state index in [-0.39, 0.29) is 0 Å². The Balaban J connectivity index is 0. The molecule has 0 heteroatoms. The molecule has 0 heterocycles. The first-order chi connectivity index (χ1) is 8.02. The van der Waals surface area contributed by atoms with Crippen molar-refractivity contribution in [3.05, 3.63) is 35.9 Å². The van der Waals surface area contributed by atoms with Crippen LogP contribution in [0.15, 0.2) is 30.3 Å². The number of hydrogen-bond acceptors (Lipinski definition) is 0. The normalized spacial score (nSPS) is 9.24. The largest absolute Gasteiger partial charge is 0.0683 e. The molecule has 0 fully saturated rings. The molecule has 0 N–H and O–H groups in total. The molecule has 0 aromatic heterocycles. The van der Waals surface area contributed by atoms with Crippen molar-refractivity contribution in [1.82, 2.24) is 0 Å². The number of aryl methyl sites for hydroxylation is 1. The lowest BCUT2D eigenvalue weighted by molar-refractivity contribution is 0.587. The highest BCUT2D eigenvalue weighted by molar-refractivity contribution is 5.14. The fourth-order valence-corrected chi connectivity index (χ4v) is 1.10. The maximum Gasteiger partial charge on any atom is -0.0276 e. The minimum absolute atomic E-state index is 0.815. The molecule has 0 aliphatic heterocycles. The first-order valence-electron chi connectivity index (χ1n) is 7.06. The van der Waals surface area contributed by atoms with Gasteiger partial charge in [0.15, 0.2) is 0 Å². The van der Waals surface area contributed by atoms with E-state index in [9.17, 15) is 0 Å². The molecule has 0 saturated heterocycles. The minimum atomic E-state index is 0.815. The van der Waals surface area contributed by atoms with E-state index >= 15 is 0 Å². The lowest BCUT2D eigenvalue weighted by Crippen LogP contribution is -1.91. The summed E-state index contributed by atoms with van der Waals surface area (Å²) < 4.78 is 0. The molecule has 0 bridgehead atoms. The van der Waals surface area contributed by atoms with E-state index in [0.29, 0.717) is 0 Å². The average molecular weight is 236 g/mol. The predicted molar refractivity (Wildman–Crippen MR) is 81.5 cm³/mol. The molecule has 1 aromatic carbocycles. The second-order valence-electron chi connectivity index (χ2n) is 5.15. The summed E-state index contributed by atoms with van der Waals surface area (Å²) in [7, 11) is 0. The van der Waals surface area contributed by atoms with Crippen LogP contribution < -0.4 is 0 Å². The predicted octanol–water partition coefficient (Wildman–Crippen LogP) is 5.96. The lowest BCUT2D eigenvalue weighted by Gasteiger charge is -2.03. The summed E-state index contributed by atoms with van der Waals surface area (Å²) in [6.07, 6.45) is 2.52. The van der Waals surface area contributed by atoms with Crippen molar-refractivity contribution in [2.75, 3.05) is 0 Å². The van der Waals surface area contributed by atoms with Gasteiger partial charge in [0, 0.05) is 0 Å². The van der Waals surface area contributed by atoms with Gasteiger partial charge in [-0.1, -0.05) is 78.8 Å². The summed E-state index contributed by atoms with van der Waals surface area (Å²) in [5, 5.41) is 0. The van der Waals surface area contributed by atoms with Gasteiger partial charge in [-0.3, -0.25) is 0 Å². The Morgan fingerprint density at radius 2 is 1.24 bits per heavy atom. The van der Waals surface area contributed by atoms with Crippen molar-refractivity contribution >= 4 is 0 Å². The first-order valence-corrected chi connectivity index (χ1v) is 7.06. The van der Waals surface area contributed by atoms with Gasteiger partial charge in [0.1, 0.15) is 0 Å². The van der Waals surface area contributed by atoms with Gasteiger partial charge < -0.3 is 0 Å². The van der Waals surface area contributed by atoms with E-state index in [1.165, 1.54) is 18.4 Å². The van der Waals surface area contributed by atoms with Crippen LogP contribution in [-0.2, 0) is 6.42 Å². The lowest BCUT2D eigenvalue weighted by atomic mass is 10.0. The van der Waals surface area contributed by atoms with Crippen LogP contribution in [0, 0.1) is 11.8 Å². The topological polar surface area (TPSA) is 0 Å². The second-order valence-corrected chi connectivity index (χ2v) is 5.15. The molecule has 0 atom stereocenters. The third-order valence-electron chi connectivity index (χ3n) is 1.85. The monoisotopic (exact) mass is 236 g/mol. The van der Waals surface area contributed by atoms with E-state index in [2.05, 4.69) is 65.0 Å². The Morgan fingerprint density at radius 1 is 0.824 bits per heavy atom. The molecule has 1 aromatic rings. The Kier molecular flexibility index (Phi) is 14.5. The number of hydrogen-bond donors (Lipinski definition) is 0. The van der Waals surface area contributed by atoms with Crippen LogP contribution in [-0.4, -0.2) is 0 Å². The quantitative estimate of drug-likeness (QED) is 0.607. The SMILES string of the molecule is CC.CC(C)C.CC(C)CCc1ccccc1. The van der Waals surface area contributed by atoms with Crippen molar-refractivity contribution in [2.24, 2.45) is 11.8 Å². The summed E-state index contributed by atoms with van der Waals surface area (Å²) in [5.41, 5.74) is 1.46. The molecule has 100 valence electrons. The van der Waals surface area contributed by atoms with Crippen molar-refractivity contribution in [2.45, 2.75) is 61.3 Å². The summed E-state index contributed by atoms with van der Waals surface area (Å²) in [4.78, 5) is 0. The summed E-state index contributed by atoms with van der Waals surface area (Å²) in [6.45, 7) is 15.0. The van der Waals surface area contributed by atoms with Crippen LogP contribution in [0.4, 0.5) is 0 Å². The molecule has 0 spiro atoms. The third-order valence-corrected chi connectivity index (χ3v) is 1.85. The zero-order chi connectivity index (χ0) is 13.7. The first kappa shape index (κ1) is 18.6. The van der Waals surface area contributed by atoms with Gasteiger partial charge in [0.2, 0.25) is 0 Å². The Labute approximate surface area is 109 Å². The van der Waals surface area contributed by atoms with Gasteiger partial charge in [-0.05, 0) is 30.2 Å². The molecular formula is C17H32. The fraction of sp³-hybridized carbons (Fsp3) is 0.647. The molecule has 0 unspecified atom stereocenters. The molecule has 0 nitrogen and oxygen atoms in total. The molecule has 0 saturated carbocycles. The van der Waals surface area contributed by atoms with Crippen LogP contribution in [0.25, 0.3) is 0 Å². The molecule has 17 heavy (non-hydrogen) atoms. The zero-order valence-corrected chi connectivity index (χ0v) is 13.0. The van der Waals surface area contributed by atoms with E-state index in [4.69, 9.17) is 0 Å². The molecule has 0 aliphatic carbocycles. The van der Waals surface area contributed by atoms with Crippen LogP contribution in [0.5, 0.6) is 0 Å². The van der Waals surface area contributed by atoms with Crippen molar-refractivity contribution in [1.29, 1.82) is 0 Å². The van der Waals surface area contributed by atoms with Gasteiger partial charge >= 0.3 is 0 Å². The van der Waals surface area contributed by atoms with Crippen LogP contribution in [0.3, 0.4) is 0 Å². The Hall–Kier alpha value is -0.780. The molecule has 1 rings (SSSR count). The zero-order valence-electron chi connectivity index (χ0n) is 13.0. The van der Waals surface area contributed by atoms with Gasteiger partial charge in [-0.25, -0.2) is 0 Å². The molecule has 0 amide bonds.